The quantitative estimate of drug-likeness (QED) is 0.0980. The zero-order valence-corrected chi connectivity index (χ0v) is 32.1. The van der Waals surface area contributed by atoms with Crippen LogP contribution in [0.15, 0.2) is 175 Å². The number of hydrogen-bond acceptors (Lipinski definition) is 8. The molecule has 1 saturated heterocycles. The molecule has 1 aliphatic carbocycles. The molecule has 2 aliphatic rings. The molecule has 294 valence electrons. The van der Waals surface area contributed by atoms with E-state index in [1.807, 2.05) is 146 Å². The molecule has 0 unspecified atom stereocenters. The number of nitrogens with one attached hydrogen (secondary N) is 1. The average Bonchev–Trinajstić information content (AvgIpc) is 3.60. The molecule has 0 aromatic heterocycles. The van der Waals surface area contributed by atoms with Gasteiger partial charge in [0, 0.05) is 5.92 Å². The Kier molecular flexibility index (Phi) is 12.9. The average molecular weight is 775 g/mol. The molecule has 1 N–H and O–H groups in total. The molecule has 1 heterocycles. The molecule has 9 heteroatoms. The van der Waals surface area contributed by atoms with Gasteiger partial charge < -0.3 is 28.4 Å². The molecule has 58 heavy (non-hydrogen) atoms. The van der Waals surface area contributed by atoms with E-state index in [1.165, 1.54) is 0 Å². The largest absolute Gasteiger partial charge is 0.469 e. The number of hydrazone groups is 1. The molecule has 8 rings (SSSR count). The fourth-order valence-electron chi connectivity index (χ4n) is 7.48. The lowest BCUT2D eigenvalue weighted by Crippen LogP contribution is -2.60. The first-order chi connectivity index (χ1) is 28.7. The Balaban J connectivity index is 1.07. The number of rotatable bonds is 16. The highest BCUT2D eigenvalue weighted by Gasteiger charge is 2.48. The number of nitrogens with zero attached hydrogens (tertiary/aromatic N) is 1. The van der Waals surface area contributed by atoms with Crippen LogP contribution in [0.3, 0.4) is 0 Å². The fourth-order valence-corrected chi connectivity index (χ4v) is 7.48. The number of fused-ring (bicyclic) bond motifs is 3. The Morgan fingerprint density at radius 3 is 1.50 bits per heavy atom. The second kappa shape index (κ2) is 19.4. The molecule has 6 aromatic carbocycles. The SMILES string of the molecule is O=C(N/N=C1\O[C@H](COCc2ccccc2)[C@@H](OCc2ccccc2)[C@H](OCc2ccccc2)[C@H]1OCc1ccccc1)OCC1c2ccccc2-c2ccccc21. The van der Waals surface area contributed by atoms with Gasteiger partial charge in [0.05, 0.1) is 33.0 Å². The molecule has 1 fully saturated rings. The number of amides is 1. The van der Waals surface area contributed by atoms with Gasteiger partial charge in [-0.25, -0.2) is 10.2 Å². The van der Waals surface area contributed by atoms with Crippen LogP contribution in [0.4, 0.5) is 4.79 Å². The predicted octanol–water partition coefficient (Wildman–Crippen LogP) is 9.21. The van der Waals surface area contributed by atoms with Gasteiger partial charge in [-0.2, -0.15) is 0 Å². The van der Waals surface area contributed by atoms with Crippen molar-refractivity contribution in [3.8, 4) is 11.1 Å². The zero-order chi connectivity index (χ0) is 39.4. The van der Waals surface area contributed by atoms with Crippen LogP contribution in [-0.4, -0.2) is 49.6 Å². The molecule has 6 aromatic rings. The van der Waals surface area contributed by atoms with Crippen molar-refractivity contribution in [2.75, 3.05) is 13.2 Å². The van der Waals surface area contributed by atoms with Crippen LogP contribution in [0.1, 0.15) is 39.3 Å². The fraction of sp³-hybridized carbons (Fsp3) is 0.224. The summed E-state index contributed by atoms with van der Waals surface area (Å²) in [6.45, 7) is 1.44. The molecule has 1 amide bonds. The van der Waals surface area contributed by atoms with Gasteiger partial charge in [-0.1, -0.05) is 170 Å². The van der Waals surface area contributed by atoms with Gasteiger partial charge in [0.1, 0.15) is 18.8 Å². The summed E-state index contributed by atoms with van der Waals surface area (Å²) in [5.74, 6) is 0.0125. The molecule has 4 atom stereocenters. The van der Waals surface area contributed by atoms with Gasteiger partial charge in [-0.05, 0) is 44.5 Å². The molecular weight excluding hydrogens is 729 g/mol. The molecule has 0 saturated carbocycles. The molecule has 0 bridgehead atoms. The van der Waals surface area contributed by atoms with Crippen LogP contribution in [0.5, 0.6) is 0 Å². The van der Waals surface area contributed by atoms with Gasteiger partial charge in [0.15, 0.2) is 12.2 Å². The van der Waals surface area contributed by atoms with E-state index in [0.29, 0.717) is 13.2 Å². The first-order valence-electron chi connectivity index (χ1n) is 19.6. The standard InChI is InChI=1S/C49H46N2O7/c52-49(57-33-43-41-27-15-13-25-39(41)40-26-14-16-28-42(40)43)51-50-48-47(56-32-38-23-11-4-12-24-38)46(55-31-37-21-9-3-10-22-37)45(54-30-36-19-7-2-8-20-36)44(58-48)34-53-29-35-17-5-1-6-18-35/h1-28,43-47H,29-34H2,(H,51,52)/b50-48-/t44-,45-,46+,47-/m1/s1. The van der Waals surface area contributed by atoms with Crippen LogP contribution >= 0.6 is 0 Å². The van der Waals surface area contributed by atoms with Gasteiger partial charge in [0.25, 0.3) is 0 Å². The van der Waals surface area contributed by atoms with E-state index >= 15 is 0 Å². The van der Waals surface area contributed by atoms with Crippen molar-refractivity contribution in [3.63, 3.8) is 0 Å². The number of carbonyl (C=O) groups excluding carboxylic acids is 1. The number of carbonyl (C=O) groups is 1. The smallest absolute Gasteiger partial charge is 0.427 e. The highest BCUT2D eigenvalue weighted by atomic mass is 16.6. The van der Waals surface area contributed by atoms with Crippen LogP contribution < -0.4 is 5.43 Å². The van der Waals surface area contributed by atoms with Crippen molar-refractivity contribution in [1.29, 1.82) is 0 Å². The maximum atomic E-state index is 13.5. The van der Waals surface area contributed by atoms with Crippen molar-refractivity contribution in [2.45, 2.75) is 56.8 Å². The third kappa shape index (κ3) is 9.70. The van der Waals surface area contributed by atoms with E-state index in [4.69, 9.17) is 28.4 Å². The van der Waals surface area contributed by atoms with Gasteiger partial charge in [-0.15, -0.1) is 5.10 Å². The topological polar surface area (TPSA) is 96.8 Å². The summed E-state index contributed by atoms with van der Waals surface area (Å²) in [7, 11) is 0. The Hall–Kier alpha value is -6.10. The van der Waals surface area contributed by atoms with Crippen molar-refractivity contribution >= 4 is 12.0 Å². The number of ether oxygens (including phenoxy) is 6. The van der Waals surface area contributed by atoms with E-state index in [-0.39, 0.29) is 38.2 Å². The Morgan fingerprint density at radius 1 is 0.517 bits per heavy atom. The third-order valence-electron chi connectivity index (χ3n) is 10.3. The summed E-state index contributed by atoms with van der Waals surface area (Å²) in [5.41, 5.74) is 11.1. The lowest BCUT2D eigenvalue weighted by Gasteiger charge is -2.42. The van der Waals surface area contributed by atoms with Gasteiger partial charge >= 0.3 is 6.09 Å². The number of hydrogen-bond donors (Lipinski definition) is 1. The molecule has 0 spiro atoms. The van der Waals surface area contributed by atoms with Crippen LogP contribution in [-0.2, 0) is 54.8 Å². The summed E-state index contributed by atoms with van der Waals surface area (Å²) < 4.78 is 38.9. The van der Waals surface area contributed by atoms with Crippen molar-refractivity contribution in [2.24, 2.45) is 5.10 Å². The molecule has 0 radical (unpaired) electrons. The first kappa shape index (κ1) is 38.8. The second-order valence-corrected chi connectivity index (χ2v) is 14.3. The Morgan fingerprint density at radius 2 is 0.966 bits per heavy atom. The minimum Gasteiger partial charge on any atom is -0.469 e. The van der Waals surface area contributed by atoms with Gasteiger partial charge in [-0.3, -0.25) is 0 Å². The Labute approximate surface area is 339 Å². The molecule has 1 aliphatic heterocycles. The summed E-state index contributed by atoms with van der Waals surface area (Å²) >= 11 is 0. The normalized spacial score (nSPS) is 19.2. The van der Waals surface area contributed by atoms with E-state index in [0.717, 1.165) is 44.5 Å². The van der Waals surface area contributed by atoms with Crippen molar-refractivity contribution < 1.29 is 33.2 Å². The van der Waals surface area contributed by atoms with Crippen LogP contribution in [0.2, 0.25) is 0 Å². The number of benzene rings is 6. The highest BCUT2D eigenvalue weighted by Crippen LogP contribution is 2.44. The van der Waals surface area contributed by atoms with Crippen LogP contribution in [0, 0.1) is 0 Å². The Bertz CT molecular complexity index is 2190. The van der Waals surface area contributed by atoms with Crippen molar-refractivity contribution in [1.82, 2.24) is 5.43 Å². The third-order valence-corrected chi connectivity index (χ3v) is 10.3. The summed E-state index contributed by atoms with van der Waals surface area (Å²) in [5, 5.41) is 4.54. The summed E-state index contributed by atoms with van der Waals surface area (Å²) in [4.78, 5) is 13.5. The highest BCUT2D eigenvalue weighted by molar-refractivity contribution is 5.84. The predicted molar refractivity (Wildman–Crippen MR) is 222 cm³/mol. The maximum Gasteiger partial charge on any atom is 0.427 e. The monoisotopic (exact) mass is 774 g/mol. The lowest BCUT2D eigenvalue weighted by molar-refractivity contribution is -0.196. The van der Waals surface area contributed by atoms with Gasteiger partial charge in [0.2, 0.25) is 5.90 Å². The van der Waals surface area contributed by atoms with E-state index in [1.54, 1.807) is 0 Å². The zero-order valence-electron chi connectivity index (χ0n) is 32.1. The summed E-state index contributed by atoms with van der Waals surface area (Å²) in [6.07, 6.45) is -3.68. The van der Waals surface area contributed by atoms with E-state index in [9.17, 15) is 4.79 Å². The van der Waals surface area contributed by atoms with Crippen molar-refractivity contribution in [3.05, 3.63) is 203 Å². The van der Waals surface area contributed by atoms with E-state index in [2.05, 4.69) is 34.8 Å². The first-order valence-corrected chi connectivity index (χ1v) is 19.6. The lowest BCUT2D eigenvalue weighted by atomic mass is 9.98. The minimum absolute atomic E-state index is 0.108. The maximum absolute atomic E-state index is 13.5. The molecular formula is C49H46N2O7. The molecule has 9 nitrogen and oxygen atoms in total. The van der Waals surface area contributed by atoms with Crippen LogP contribution in [0.25, 0.3) is 11.1 Å². The van der Waals surface area contributed by atoms with E-state index < -0.39 is 30.5 Å². The second-order valence-electron chi connectivity index (χ2n) is 14.3. The minimum atomic E-state index is -0.885. The summed E-state index contributed by atoms with van der Waals surface area (Å²) in [6, 6.07) is 56.1.